The van der Waals surface area contributed by atoms with Gasteiger partial charge in [0.2, 0.25) is 0 Å². The van der Waals surface area contributed by atoms with Gasteiger partial charge in [0, 0.05) is 33.6 Å². The lowest BCUT2D eigenvalue weighted by Gasteiger charge is -2.26. The van der Waals surface area contributed by atoms with Crippen LogP contribution in [0.5, 0.6) is 0 Å². The molecule has 11 aromatic rings. The van der Waals surface area contributed by atoms with Crippen LogP contribution in [0.15, 0.2) is 186 Å². The number of nitriles is 1. The van der Waals surface area contributed by atoms with Gasteiger partial charge in [-0.2, -0.15) is 5.26 Å². The molecule has 0 aliphatic carbocycles. The molecule has 0 spiro atoms. The fourth-order valence-corrected chi connectivity index (χ4v) is 8.40. The topological polar surface area (TPSA) is 40.2 Å². The van der Waals surface area contributed by atoms with Gasteiger partial charge in [-0.15, -0.1) is 0 Å². The Morgan fingerprint density at radius 2 is 0.963 bits per heavy atom. The van der Waals surface area contributed by atoms with Gasteiger partial charge in [-0.1, -0.05) is 97.1 Å². The largest absolute Gasteiger partial charge is 0.456 e. The summed E-state index contributed by atoms with van der Waals surface area (Å²) in [6, 6.07) is 66.8. The Kier molecular flexibility index (Phi) is 6.62. The van der Waals surface area contributed by atoms with Crippen molar-refractivity contribution in [1.82, 2.24) is 0 Å². The van der Waals surface area contributed by atoms with E-state index >= 15 is 0 Å². The van der Waals surface area contributed by atoms with Crippen molar-refractivity contribution < 1.29 is 4.42 Å². The zero-order valence-electron chi connectivity index (χ0n) is 29.1. The van der Waals surface area contributed by atoms with Gasteiger partial charge >= 0.3 is 0 Å². The van der Waals surface area contributed by atoms with E-state index in [1.54, 1.807) is 0 Å². The van der Waals surface area contributed by atoms with Crippen LogP contribution in [0.4, 0.5) is 17.1 Å². The predicted molar refractivity (Wildman–Crippen MR) is 225 cm³/mol. The molecule has 0 amide bonds. The maximum atomic E-state index is 9.50. The molecule has 1 heterocycles. The molecular weight excluding hydrogens is 657 g/mol. The first-order chi connectivity index (χ1) is 26.7. The van der Waals surface area contributed by atoms with Crippen molar-refractivity contribution in [1.29, 1.82) is 5.26 Å². The molecule has 250 valence electrons. The highest BCUT2D eigenvalue weighted by Gasteiger charge is 2.18. The Balaban J connectivity index is 1.02. The average Bonchev–Trinajstić information content (AvgIpc) is 3.60. The maximum Gasteiger partial charge on any atom is 0.137 e. The smallest absolute Gasteiger partial charge is 0.137 e. The summed E-state index contributed by atoms with van der Waals surface area (Å²) in [4.78, 5) is 2.24. The Hall–Kier alpha value is -7.41. The van der Waals surface area contributed by atoms with E-state index < -0.39 is 0 Å². The second kappa shape index (κ2) is 11.8. The van der Waals surface area contributed by atoms with Crippen LogP contribution in [0, 0.1) is 11.3 Å². The van der Waals surface area contributed by atoms with E-state index in [2.05, 4.69) is 169 Å². The first kappa shape index (κ1) is 30.2. The van der Waals surface area contributed by atoms with Crippen molar-refractivity contribution in [2.75, 3.05) is 4.90 Å². The molecule has 0 saturated heterocycles. The van der Waals surface area contributed by atoms with Gasteiger partial charge in [0.15, 0.2) is 0 Å². The quantitative estimate of drug-likeness (QED) is 0.169. The highest BCUT2D eigenvalue weighted by atomic mass is 16.3. The molecule has 0 fully saturated rings. The third-order valence-corrected chi connectivity index (χ3v) is 11.0. The fraction of sp³-hybridized carbons (Fsp3) is 0. The lowest BCUT2D eigenvalue weighted by molar-refractivity contribution is 0.669. The molecule has 54 heavy (non-hydrogen) atoms. The van der Waals surface area contributed by atoms with E-state index in [1.165, 1.54) is 43.4 Å². The summed E-state index contributed by atoms with van der Waals surface area (Å²) in [5.41, 5.74) is 10.1. The van der Waals surface area contributed by atoms with E-state index in [4.69, 9.17) is 4.42 Å². The van der Waals surface area contributed by atoms with Gasteiger partial charge in [0.05, 0.1) is 17.3 Å². The molecule has 3 nitrogen and oxygen atoms in total. The van der Waals surface area contributed by atoms with Crippen LogP contribution in [-0.2, 0) is 0 Å². The van der Waals surface area contributed by atoms with Crippen molar-refractivity contribution in [2.45, 2.75) is 0 Å². The number of benzene rings is 10. The molecule has 0 bridgehead atoms. The minimum atomic E-state index is 0.627. The molecule has 0 atom stereocenters. The number of nitrogens with zero attached hydrogens (tertiary/aromatic N) is 2. The van der Waals surface area contributed by atoms with E-state index in [-0.39, 0.29) is 0 Å². The first-order valence-electron chi connectivity index (χ1n) is 18.2. The van der Waals surface area contributed by atoms with Crippen LogP contribution in [0.3, 0.4) is 0 Å². The van der Waals surface area contributed by atoms with E-state index in [1.807, 2.05) is 24.3 Å². The standard InChI is InChI=1S/C51H30N2O/c52-31-32-13-20-42(21-14-32)53(47-12-6-10-34-9-4-5-11-44(34)47)43-22-24-46-45-23-19-35(29-48(45)54-49(46)30-43)41-27-38-17-15-36-25-40(33-7-2-1-3-8-33)26-37-16-18-39(28-41)51(38)50(36)37/h1-30H. The Morgan fingerprint density at radius 3 is 1.65 bits per heavy atom. The minimum Gasteiger partial charge on any atom is -0.456 e. The van der Waals surface area contributed by atoms with E-state index in [0.717, 1.165) is 60.9 Å². The van der Waals surface area contributed by atoms with Gasteiger partial charge in [-0.25, -0.2) is 0 Å². The molecule has 11 rings (SSSR count). The number of hydrogen-bond donors (Lipinski definition) is 0. The average molecular weight is 687 g/mol. The van der Waals surface area contributed by atoms with Crippen molar-refractivity contribution in [3.63, 3.8) is 0 Å². The lowest BCUT2D eigenvalue weighted by Crippen LogP contribution is -2.10. The summed E-state index contributed by atoms with van der Waals surface area (Å²) in [6.45, 7) is 0. The Bertz CT molecular complexity index is 3210. The third kappa shape index (κ3) is 4.75. The van der Waals surface area contributed by atoms with Crippen LogP contribution < -0.4 is 4.90 Å². The second-order valence-corrected chi connectivity index (χ2v) is 14.1. The summed E-state index contributed by atoms with van der Waals surface area (Å²) in [7, 11) is 0. The van der Waals surface area contributed by atoms with Gasteiger partial charge in [-0.05, 0) is 139 Å². The van der Waals surface area contributed by atoms with Gasteiger partial charge in [-0.3, -0.25) is 0 Å². The van der Waals surface area contributed by atoms with Gasteiger partial charge < -0.3 is 9.32 Å². The molecule has 0 saturated carbocycles. The summed E-state index contributed by atoms with van der Waals surface area (Å²) >= 11 is 0. The highest BCUT2D eigenvalue weighted by molar-refractivity contribution is 6.24. The number of rotatable bonds is 5. The van der Waals surface area contributed by atoms with E-state index in [9.17, 15) is 5.26 Å². The van der Waals surface area contributed by atoms with Crippen LogP contribution >= 0.6 is 0 Å². The zero-order chi connectivity index (χ0) is 35.8. The van der Waals surface area contributed by atoms with Crippen LogP contribution in [0.1, 0.15) is 5.56 Å². The number of anilines is 3. The van der Waals surface area contributed by atoms with E-state index in [0.29, 0.717) is 5.56 Å². The zero-order valence-corrected chi connectivity index (χ0v) is 29.1. The molecule has 0 aliphatic rings. The minimum absolute atomic E-state index is 0.627. The normalized spacial score (nSPS) is 11.7. The van der Waals surface area contributed by atoms with Gasteiger partial charge in [0.1, 0.15) is 11.2 Å². The molecule has 3 heteroatoms. The van der Waals surface area contributed by atoms with Gasteiger partial charge in [0.25, 0.3) is 0 Å². The summed E-state index contributed by atoms with van der Waals surface area (Å²) < 4.78 is 6.68. The van der Waals surface area contributed by atoms with Crippen LogP contribution in [-0.4, -0.2) is 0 Å². The van der Waals surface area contributed by atoms with Crippen LogP contribution in [0.2, 0.25) is 0 Å². The molecule has 0 aliphatic heterocycles. The predicted octanol–water partition coefficient (Wildman–Crippen LogP) is 14.3. The third-order valence-electron chi connectivity index (χ3n) is 11.0. The summed E-state index contributed by atoms with van der Waals surface area (Å²) in [5.74, 6) is 0. The molecule has 1 aromatic heterocycles. The lowest BCUT2D eigenvalue weighted by atomic mass is 9.89. The molecular formula is C51H30N2O. The SMILES string of the molecule is N#Cc1ccc(N(c2ccc3c(c2)oc2cc(-c4cc5ccc6cc(-c7ccccc7)cc7ccc(c4)c5c67)ccc23)c2cccc3ccccc23)cc1. The fourth-order valence-electron chi connectivity index (χ4n) is 8.40. The highest BCUT2D eigenvalue weighted by Crippen LogP contribution is 2.43. The second-order valence-electron chi connectivity index (χ2n) is 14.1. The first-order valence-corrected chi connectivity index (χ1v) is 18.2. The van der Waals surface area contributed by atoms with Crippen molar-refractivity contribution in [2.24, 2.45) is 0 Å². The number of hydrogen-bond acceptors (Lipinski definition) is 3. The summed E-state index contributed by atoms with van der Waals surface area (Å²) in [5, 5.41) is 21.6. The monoisotopic (exact) mass is 686 g/mol. The molecule has 0 N–H and O–H groups in total. The van der Waals surface area contributed by atoms with Crippen molar-refractivity contribution >= 4 is 82.1 Å². The van der Waals surface area contributed by atoms with Crippen molar-refractivity contribution in [3.8, 4) is 28.3 Å². The number of furan rings is 1. The maximum absolute atomic E-state index is 9.50. The summed E-state index contributed by atoms with van der Waals surface area (Å²) in [6.07, 6.45) is 0. The van der Waals surface area contributed by atoms with Crippen LogP contribution in [0.25, 0.3) is 87.3 Å². The Morgan fingerprint density at radius 1 is 0.389 bits per heavy atom. The molecule has 0 unspecified atom stereocenters. The molecule has 10 aromatic carbocycles. The molecule has 0 radical (unpaired) electrons. The number of fused-ring (bicyclic) bond motifs is 4. The Labute approximate surface area is 311 Å². The van der Waals surface area contributed by atoms with Crippen molar-refractivity contribution in [3.05, 3.63) is 188 Å².